The molecule has 2 unspecified atom stereocenters. The molecule has 0 spiro atoms. The van der Waals surface area contributed by atoms with Gasteiger partial charge in [0, 0.05) is 6.42 Å². The fourth-order valence-electron chi connectivity index (χ4n) is 4.14. The third-order valence-electron chi connectivity index (χ3n) is 6.61. The molecule has 1 fully saturated rings. The summed E-state index contributed by atoms with van der Waals surface area (Å²) >= 11 is 0. The van der Waals surface area contributed by atoms with Gasteiger partial charge in [-0.15, -0.1) is 0 Å². The number of rotatable bonds is 19. The highest BCUT2D eigenvalue weighted by Crippen LogP contribution is 2.20. The molecule has 6 atom stereocenters. The summed E-state index contributed by atoms with van der Waals surface area (Å²) in [4.78, 5) is 25.3. The molecule has 0 bridgehead atoms. The number of aliphatic hydroxyl groups is 4. The van der Waals surface area contributed by atoms with Crippen molar-refractivity contribution in [1.82, 2.24) is 10.6 Å². The number of allylic oxidation sites excluding steroid dienone is 12. The minimum absolute atomic E-state index is 0.202. The predicted molar refractivity (Wildman–Crippen MR) is 166 cm³/mol. The van der Waals surface area contributed by atoms with Gasteiger partial charge < -0.3 is 35.8 Å². The SMILES string of the molecule is CC/C=C\C/C=C\C/C=C\C/C=C\C/C=C\C/C=C\CCC(=O)N[C@H](C(=O)N[C@H]1C(O)[C@H](O)C(CO)O[C@H]1O)C(C)C. The van der Waals surface area contributed by atoms with Crippen molar-refractivity contribution in [3.8, 4) is 0 Å². The zero-order valence-electron chi connectivity index (χ0n) is 25.3. The van der Waals surface area contributed by atoms with E-state index in [0.717, 1.165) is 38.5 Å². The van der Waals surface area contributed by atoms with Crippen LogP contribution in [0.5, 0.6) is 0 Å². The van der Waals surface area contributed by atoms with Crippen molar-refractivity contribution in [2.45, 2.75) is 109 Å². The van der Waals surface area contributed by atoms with Gasteiger partial charge in [0.15, 0.2) is 6.29 Å². The molecule has 9 nitrogen and oxygen atoms in total. The third-order valence-corrected chi connectivity index (χ3v) is 6.61. The molecule has 1 rings (SSSR count). The van der Waals surface area contributed by atoms with E-state index in [2.05, 4.69) is 78.3 Å². The molecular weight excluding hydrogens is 536 g/mol. The van der Waals surface area contributed by atoms with Gasteiger partial charge in [-0.1, -0.05) is 93.7 Å². The summed E-state index contributed by atoms with van der Waals surface area (Å²) in [6.45, 7) is 5.05. The maximum absolute atomic E-state index is 12.8. The zero-order chi connectivity index (χ0) is 31.2. The number of nitrogens with one attached hydrogen (secondary N) is 2. The van der Waals surface area contributed by atoms with Gasteiger partial charge in [-0.3, -0.25) is 9.59 Å². The number of ether oxygens (including phenoxy) is 1. The Morgan fingerprint density at radius 3 is 1.69 bits per heavy atom. The Labute approximate surface area is 251 Å². The van der Waals surface area contributed by atoms with E-state index in [9.17, 15) is 30.0 Å². The predicted octanol–water partition coefficient (Wildman–Crippen LogP) is 3.52. The molecule has 236 valence electrons. The molecule has 1 aliphatic heterocycles. The Kier molecular flexibility index (Phi) is 20.1. The molecule has 0 saturated carbocycles. The highest BCUT2D eigenvalue weighted by Gasteiger charge is 2.45. The fraction of sp³-hybridized carbons (Fsp3) is 0.576. The first-order valence-corrected chi connectivity index (χ1v) is 15.0. The van der Waals surface area contributed by atoms with Crippen LogP contribution in [0.4, 0.5) is 0 Å². The van der Waals surface area contributed by atoms with Crippen molar-refractivity contribution < 1.29 is 34.8 Å². The molecule has 9 heteroatoms. The zero-order valence-corrected chi connectivity index (χ0v) is 25.3. The Morgan fingerprint density at radius 2 is 1.24 bits per heavy atom. The third kappa shape index (κ3) is 15.4. The highest BCUT2D eigenvalue weighted by atomic mass is 16.6. The lowest BCUT2D eigenvalue weighted by Crippen LogP contribution is -2.66. The van der Waals surface area contributed by atoms with E-state index in [1.807, 2.05) is 12.2 Å². The van der Waals surface area contributed by atoms with Crippen LogP contribution in [0.1, 0.15) is 72.1 Å². The van der Waals surface area contributed by atoms with E-state index in [-0.39, 0.29) is 18.2 Å². The Balaban J connectivity index is 2.29. The standard InChI is InChI=1S/C33H52N2O7/c1-4-5-6-7-8-9-10-11-12-13-14-15-16-17-18-19-20-21-22-23-27(37)34-28(25(2)3)32(40)35-29-31(39)30(38)26(24-36)42-33(29)41/h5-6,8-9,11-12,14-15,17-18,20-21,25-26,28-31,33,36,38-39,41H,4,7,10,13,16,19,22-24H2,1-3H3,(H,34,37)(H,35,40)/b6-5-,9-8-,12-11-,15-14-,18-17-,21-20-/t26?,28-,29-,30+,31?,33+/m0/s1. The van der Waals surface area contributed by atoms with Crippen molar-refractivity contribution in [3.63, 3.8) is 0 Å². The molecule has 0 aromatic carbocycles. The van der Waals surface area contributed by atoms with Gasteiger partial charge in [0.1, 0.15) is 30.4 Å². The Morgan fingerprint density at radius 1 is 0.762 bits per heavy atom. The van der Waals surface area contributed by atoms with E-state index in [0.29, 0.717) is 6.42 Å². The normalized spacial score (nSPS) is 24.3. The van der Waals surface area contributed by atoms with Crippen LogP contribution in [0, 0.1) is 5.92 Å². The molecule has 0 aromatic heterocycles. The molecule has 0 aromatic rings. The van der Waals surface area contributed by atoms with Crippen LogP contribution >= 0.6 is 0 Å². The smallest absolute Gasteiger partial charge is 0.243 e. The second-order valence-corrected chi connectivity index (χ2v) is 10.5. The van der Waals surface area contributed by atoms with E-state index in [1.165, 1.54) is 0 Å². The number of amides is 2. The summed E-state index contributed by atoms with van der Waals surface area (Å²) < 4.78 is 5.07. The van der Waals surface area contributed by atoms with Crippen molar-refractivity contribution >= 4 is 11.8 Å². The summed E-state index contributed by atoms with van der Waals surface area (Å²) in [6, 6.07) is -2.22. The molecule has 0 aliphatic carbocycles. The molecule has 1 saturated heterocycles. The van der Waals surface area contributed by atoms with Gasteiger partial charge in [0.25, 0.3) is 0 Å². The lowest BCUT2D eigenvalue weighted by molar-refractivity contribution is -0.254. The highest BCUT2D eigenvalue weighted by molar-refractivity contribution is 5.88. The Bertz CT molecular complexity index is 939. The molecule has 42 heavy (non-hydrogen) atoms. The Hall–Kier alpha value is -2.82. The van der Waals surface area contributed by atoms with Gasteiger partial charge in [0.2, 0.25) is 11.8 Å². The van der Waals surface area contributed by atoms with Crippen molar-refractivity contribution in [2.75, 3.05) is 6.61 Å². The minimum Gasteiger partial charge on any atom is -0.394 e. The van der Waals surface area contributed by atoms with Crippen LogP contribution in [-0.4, -0.2) is 75.5 Å². The number of aliphatic hydroxyl groups excluding tert-OH is 4. The lowest BCUT2D eigenvalue weighted by Gasteiger charge is -2.40. The first-order chi connectivity index (χ1) is 20.2. The van der Waals surface area contributed by atoms with E-state index >= 15 is 0 Å². The van der Waals surface area contributed by atoms with Crippen LogP contribution in [-0.2, 0) is 14.3 Å². The van der Waals surface area contributed by atoms with Crippen LogP contribution in [0.3, 0.4) is 0 Å². The minimum atomic E-state index is -1.62. The number of carbonyl (C=O) groups is 2. The summed E-state index contributed by atoms with van der Waals surface area (Å²) in [7, 11) is 0. The molecule has 1 aliphatic rings. The first-order valence-electron chi connectivity index (χ1n) is 15.0. The largest absolute Gasteiger partial charge is 0.394 e. The second-order valence-electron chi connectivity index (χ2n) is 10.5. The van der Waals surface area contributed by atoms with Gasteiger partial charge in [-0.2, -0.15) is 0 Å². The van der Waals surface area contributed by atoms with Crippen LogP contribution in [0.15, 0.2) is 72.9 Å². The summed E-state index contributed by atoms with van der Waals surface area (Å²) in [6.07, 6.45) is 25.9. The lowest BCUT2D eigenvalue weighted by atomic mass is 9.95. The van der Waals surface area contributed by atoms with E-state index in [4.69, 9.17) is 4.74 Å². The van der Waals surface area contributed by atoms with Gasteiger partial charge >= 0.3 is 0 Å². The van der Waals surface area contributed by atoms with Crippen LogP contribution < -0.4 is 10.6 Å². The topological polar surface area (TPSA) is 148 Å². The number of carbonyl (C=O) groups excluding carboxylic acids is 2. The van der Waals surface area contributed by atoms with Crippen molar-refractivity contribution in [1.29, 1.82) is 0 Å². The summed E-state index contributed by atoms with van der Waals surface area (Å²) in [5.74, 6) is -1.19. The van der Waals surface area contributed by atoms with Gasteiger partial charge in [-0.05, 0) is 50.9 Å². The van der Waals surface area contributed by atoms with E-state index in [1.54, 1.807) is 13.8 Å². The average molecular weight is 589 g/mol. The summed E-state index contributed by atoms with van der Waals surface area (Å²) in [5, 5.41) is 44.8. The van der Waals surface area contributed by atoms with Crippen molar-refractivity contribution in [3.05, 3.63) is 72.9 Å². The quantitative estimate of drug-likeness (QED) is 0.127. The average Bonchev–Trinajstić information content (AvgIpc) is 2.96. The van der Waals surface area contributed by atoms with Crippen LogP contribution in [0.2, 0.25) is 0 Å². The molecule has 0 radical (unpaired) electrons. The molecule has 1 heterocycles. The second kappa shape index (κ2) is 22.7. The monoisotopic (exact) mass is 588 g/mol. The molecule has 2 amide bonds. The molecule has 6 N–H and O–H groups in total. The molecular formula is C33H52N2O7. The van der Waals surface area contributed by atoms with Gasteiger partial charge in [0.05, 0.1) is 6.61 Å². The fourth-order valence-corrected chi connectivity index (χ4v) is 4.14. The number of hydrogen-bond donors (Lipinski definition) is 6. The van der Waals surface area contributed by atoms with Crippen molar-refractivity contribution in [2.24, 2.45) is 5.92 Å². The van der Waals surface area contributed by atoms with E-state index < -0.39 is 49.2 Å². The maximum Gasteiger partial charge on any atom is 0.243 e. The van der Waals surface area contributed by atoms with Crippen LogP contribution in [0.25, 0.3) is 0 Å². The maximum atomic E-state index is 12.8. The summed E-state index contributed by atoms with van der Waals surface area (Å²) in [5.41, 5.74) is 0. The first kappa shape index (κ1) is 37.2. The van der Waals surface area contributed by atoms with Gasteiger partial charge in [-0.25, -0.2) is 0 Å². The number of hydrogen-bond acceptors (Lipinski definition) is 7.